The summed E-state index contributed by atoms with van der Waals surface area (Å²) in [6, 6.07) is 18.3. The van der Waals surface area contributed by atoms with Gasteiger partial charge in [-0.25, -0.2) is 4.98 Å². The van der Waals surface area contributed by atoms with Gasteiger partial charge >= 0.3 is 0 Å². The Morgan fingerprint density at radius 1 is 1.13 bits per heavy atom. The number of aryl methyl sites for hydroxylation is 1. The molecule has 4 aromatic rings. The summed E-state index contributed by atoms with van der Waals surface area (Å²) in [6.07, 6.45) is 8.19. The van der Waals surface area contributed by atoms with Crippen LogP contribution in [0.15, 0.2) is 65.7 Å². The Hall–Kier alpha value is -2.84. The number of aromatic nitrogens is 3. The molecule has 0 fully saturated rings. The Morgan fingerprint density at radius 3 is 2.71 bits per heavy atom. The van der Waals surface area contributed by atoms with Crippen molar-refractivity contribution in [2.24, 2.45) is 0 Å². The third kappa shape index (κ3) is 5.08. The lowest BCUT2D eigenvalue weighted by molar-refractivity contribution is 0.820. The van der Waals surface area contributed by atoms with Crippen LogP contribution in [0.2, 0.25) is 0 Å². The van der Waals surface area contributed by atoms with E-state index in [1.807, 2.05) is 47.1 Å². The first-order valence-electron chi connectivity index (χ1n) is 10.1. The molecule has 0 radical (unpaired) electrons. The first kappa shape index (κ1) is 21.4. The molecule has 0 aliphatic carbocycles. The summed E-state index contributed by atoms with van der Waals surface area (Å²) in [7, 11) is 2.72. The zero-order chi connectivity index (χ0) is 21.6. The molecule has 2 N–H and O–H groups in total. The highest BCUT2D eigenvalue weighted by Crippen LogP contribution is 2.25. The lowest BCUT2D eigenvalue weighted by Crippen LogP contribution is -2.14. The van der Waals surface area contributed by atoms with Gasteiger partial charge in [0, 0.05) is 40.5 Å². The monoisotopic (exact) mass is 445 g/mol. The van der Waals surface area contributed by atoms with Gasteiger partial charge in [0.25, 0.3) is 0 Å². The van der Waals surface area contributed by atoms with Gasteiger partial charge in [-0.3, -0.25) is 4.72 Å². The third-order valence-electron chi connectivity index (χ3n) is 4.89. The number of hydrogen-bond donors (Lipinski definition) is 2. The van der Waals surface area contributed by atoms with E-state index in [0.717, 1.165) is 58.0 Å². The van der Waals surface area contributed by atoms with Gasteiger partial charge in [0.1, 0.15) is 5.82 Å². The van der Waals surface area contributed by atoms with Crippen molar-refractivity contribution in [2.75, 3.05) is 18.4 Å². The molecule has 0 saturated heterocycles. The molecule has 0 saturated carbocycles. The molecule has 1 unspecified atom stereocenters. The fourth-order valence-corrected chi connectivity index (χ4v) is 4.17. The molecule has 0 spiro atoms. The summed E-state index contributed by atoms with van der Waals surface area (Å²) in [4.78, 5) is 5.99. The van der Waals surface area contributed by atoms with Gasteiger partial charge in [-0.15, -0.1) is 6.42 Å². The Labute approximate surface area is 189 Å². The van der Waals surface area contributed by atoms with Crippen LogP contribution < -0.4 is 15.3 Å². The van der Waals surface area contributed by atoms with E-state index in [1.165, 1.54) is 5.56 Å². The Kier molecular flexibility index (Phi) is 6.89. The molecule has 0 bridgehead atoms. The second kappa shape index (κ2) is 9.98. The molecule has 1 atom stereocenters. The molecule has 0 amide bonds. The van der Waals surface area contributed by atoms with Gasteiger partial charge in [0.05, 0.1) is 11.9 Å². The number of nitrogens with zero attached hydrogens (tertiary/aromatic N) is 3. The highest BCUT2D eigenvalue weighted by molar-refractivity contribution is 7.97. The Bertz CT molecular complexity index is 1230. The fourth-order valence-electron chi connectivity index (χ4n) is 3.23. The maximum Gasteiger partial charge on any atom is 0.165 e. The molecular weight excluding hydrogens is 421 g/mol. The highest BCUT2D eigenvalue weighted by atomic mass is 32.2. The standard InChI is InChI=1S/C24H24N5PS/c1-3-18-9-11-19(12-10-18)31-27-14-6-13-25-23-15-21(20-8-5-4-7-17(20)2)28-24-22(30)16-26-29(23)24/h1,4-5,7-12,15-16,25,27H,6,13-14,30H2,2H3. The van der Waals surface area contributed by atoms with Crippen LogP contribution >= 0.6 is 21.2 Å². The largest absolute Gasteiger partial charge is 0.370 e. The average molecular weight is 446 g/mol. The smallest absolute Gasteiger partial charge is 0.165 e. The summed E-state index contributed by atoms with van der Waals surface area (Å²) < 4.78 is 5.26. The van der Waals surface area contributed by atoms with Gasteiger partial charge in [-0.05, 0) is 55.1 Å². The van der Waals surface area contributed by atoms with E-state index in [0.29, 0.717) is 0 Å². The molecule has 7 heteroatoms. The summed E-state index contributed by atoms with van der Waals surface area (Å²) in [5, 5.41) is 8.98. The first-order chi connectivity index (χ1) is 15.2. The summed E-state index contributed by atoms with van der Waals surface area (Å²) in [6.45, 7) is 3.80. The average Bonchev–Trinajstić information content (AvgIpc) is 3.17. The molecular formula is C24H24N5PS. The van der Waals surface area contributed by atoms with Crippen LogP contribution in [0.3, 0.4) is 0 Å². The minimum atomic E-state index is 0.821. The van der Waals surface area contributed by atoms with Crippen LogP contribution in [0.5, 0.6) is 0 Å². The van der Waals surface area contributed by atoms with Crippen LogP contribution in [0.25, 0.3) is 16.9 Å². The van der Waals surface area contributed by atoms with Crippen molar-refractivity contribution >= 4 is 38.0 Å². The minimum Gasteiger partial charge on any atom is -0.370 e. The molecule has 2 aromatic carbocycles. The van der Waals surface area contributed by atoms with Crippen molar-refractivity contribution in [3.8, 4) is 23.6 Å². The number of terminal acetylenes is 1. The third-order valence-corrected chi connectivity index (χ3v) is 6.16. The minimum absolute atomic E-state index is 0.821. The van der Waals surface area contributed by atoms with Gasteiger partial charge in [-0.1, -0.05) is 39.4 Å². The predicted molar refractivity (Wildman–Crippen MR) is 134 cm³/mol. The number of anilines is 1. The maximum atomic E-state index is 5.40. The van der Waals surface area contributed by atoms with Crippen molar-refractivity contribution in [3.05, 3.63) is 71.9 Å². The second-order valence-electron chi connectivity index (χ2n) is 7.12. The van der Waals surface area contributed by atoms with Crippen LogP contribution in [-0.2, 0) is 0 Å². The van der Waals surface area contributed by atoms with Crippen molar-refractivity contribution in [1.29, 1.82) is 0 Å². The summed E-state index contributed by atoms with van der Waals surface area (Å²) in [5.41, 5.74) is 5.02. The molecule has 0 aliphatic heterocycles. The zero-order valence-electron chi connectivity index (χ0n) is 17.3. The van der Waals surface area contributed by atoms with Crippen molar-refractivity contribution in [1.82, 2.24) is 19.3 Å². The normalized spacial score (nSPS) is 10.9. The summed E-state index contributed by atoms with van der Waals surface area (Å²) in [5.74, 6) is 3.57. The van der Waals surface area contributed by atoms with Gasteiger partial charge in [0.2, 0.25) is 0 Å². The number of nitrogens with one attached hydrogen (secondary N) is 2. The molecule has 2 heterocycles. The van der Waals surface area contributed by atoms with Crippen molar-refractivity contribution in [3.63, 3.8) is 0 Å². The number of benzene rings is 2. The quantitative estimate of drug-likeness (QED) is 0.183. The van der Waals surface area contributed by atoms with E-state index >= 15 is 0 Å². The number of hydrogen-bond acceptors (Lipinski definition) is 5. The molecule has 0 aliphatic rings. The number of fused-ring (bicyclic) bond motifs is 1. The van der Waals surface area contributed by atoms with E-state index in [4.69, 9.17) is 11.4 Å². The molecule has 156 valence electrons. The van der Waals surface area contributed by atoms with Crippen LogP contribution in [0, 0.1) is 19.3 Å². The van der Waals surface area contributed by atoms with Crippen molar-refractivity contribution < 1.29 is 0 Å². The van der Waals surface area contributed by atoms with E-state index in [-0.39, 0.29) is 0 Å². The lowest BCUT2D eigenvalue weighted by atomic mass is 10.1. The Morgan fingerprint density at radius 2 is 1.94 bits per heavy atom. The van der Waals surface area contributed by atoms with Gasteiger partial charge < -0.3 is 5.32 Å². The van der Waals surface area contributed by atoms with E-state index < -0.39 is 0 Å². The van der Waals surface area contributed by atoms with Crippen molar-refractivity contribution in [2.45, 2.75) is 18.2 Å². The first-order valence-corrected chi connectivity index (χ1v) is 11.5. The van der Waals surface area contributed by atoms with E-state index in [1.54, 1.807) is 11.9 Å². The molecule has 31 heavy (non-hydrogen) atoms. The van der Waals surface area contributed by atoms with Crippen LogP contribution in [-0.4, -0.2) is 27.7 Å². The molecule has 4 rings (SSSR count). The highest BCUT2D eigenvalue weighted by Gasteiger charge is 2.11. The van der Waals surface area contributed by atoms with Gasteiger partial charge in [0.15, 0.2) is 5.65 Å². The topological polar surface area (TPSA) is 54.2 Å². The van der Waals surface area contributed by atoms with Crippen LogP contribution in [0.4, 0.5) is 5.82 Å². The van der Waals surface area contributed by atoms with Gasteiger partial charge in [-0.2, -0.15) is 9.61 Å². The molecule has 2 aromatic heterocycles. The SMILES string of the molecule is C#Cc1ccc(SNCCCNc2cc(-c3ccccc3C)nc3c(P)cnn23)cc1. The van der Waals surface area contributed by atoms with Crippen LogP contribution in [0.1, 0.15) is 17.5 Å². The predicted octanol–water partition coefficient (Wildman–Crippen LogP) is 4.29. The molecule has 5 nitrogen and oxygen atoms in total. The fraction of sp³-hybridized carbons (Fsp3) is 0.167. The Balaban J connectivity index is 1.39. The number of rotatable bonds is 8. The zero-order valence-corrected chi connectivity index (χ0v) is 19.3. The van der Waals surface area contributed by atoms with E-state index in [9.17, 15) is 0 Å². The lowest BCUT2D eigenvalue weighted by Gasteiger charge is -2.12. The summed E-state index contributed by atoms with van der Waals surface area (Å²) >= 11 is 1.62. The van der Waals surface area contributed by atoms with E-state index in [2.05, 4.69) is 55.4 Å². The second-order valence-corrected chi connectivity index (χ2v) is 8.71. The maximum absolute atomic E-state index is 5.40.